The summed E-state index contributed by atoms with van der Waals surface area (Å²) >= 11 is -4.11. The molecule has 0 aromatic rings. The van der Waals surface area contributed by atoms with Crippen molar-refractivity contribution in [3.63, 3.8) is 0 Å². The van der Waals surface area contributed by atoms with Crippen molar-refractivity contribution in [2.75, 3.05) is 0 Å². The van der Waals surface area contributed by atoms with Crippen molar-refractivity contribution in [1.82, 2.24) is 0 Å². The Kier molecular flexibility index (Phi) is 7.42. The first-order valence-electron chi connectivity index (χ1n) is 0.500. The average Bonchev–Trinajstić information content (AvgIpc) is 0.811. The summed E-state index contributed by atoms with van der Waals surface area (Å²) in [5.74, 6) is 0. The van der Waals surface area contributed by atoms with E-state index in [-0.39, 0.29) is 5.48 Å². The Labute approximate surface area is 34.9 Å². The van der Waals surface area contributed by atoms with Crippen molar-refractivity contribution in [2.24, 2.45) is 0 Å². The van der Waals surface area contributed by atoms with Gasteiger partial charge in [-0.15, -0.1) is 0 Å². The Balaban J connectivity index is 0. The van der Waals surface area contributed by atoms with Gasteiger partial charge in [-0.2, -0.15) is 0 Å². The predicted octanol–water partition coefficient (Wildman–Crippen LogP) is -1.56. The molecule has 5 heavy (non-hydrogen) atoms. The second-order valence-electron chi connectivity index (χ2n) is 0.204. The van der Waals surface area contributed by atoms with Gasteiger partial charge in [0.1, 0.15) is 0 Å². The van der Waals surface area contributed by atoms with Crippen molar-refractivity contribution < 1.29 is 14.8 Å². The summed E-state index contributed by atoms with van der Waals surface area (Å²) in [5, 5.41) is 0. The van der Waals surface area contributed by atoms with E-state index < -0.39 is 19.5 Å². The molecule has 0 atom stereocenters. The number of hydrogen-bond donors (Lipinski definition) is 0. The van der Waals surface area contributed by atoms with Crippen LogP contribution in [0.3, 0.4) is 0 Å². The van der Waals surface area contributed by atoms with E-state index in [1.54, 1.807) is 0 Å². The monoisotopic (exact) mass is 196 g/mol. The summed E-state index contributed by atoms with van der Waals surface area (Å²) in [7, 11) is 0. The Morgan fingerprint density at radius 3 is 1.00 bits per heavy atom. The predicted molar refractivity (Wildman–Crippen MR) is 11.4 cm³/mol. The van der Waals surface area contributed by atoms with Gasteiger partial charge in [0.25, 0.3) is 0 Å². The fourth-order valence-corrected chi connectivity index (χ4v) is 0. The van der Waals surface area contributed by atoms with Crippen molar-refractivity contribution in [2.45, 2.75) is 0 Å². The summed E-state index contributed by atoms with van der Waals surface area (Å²) in [4.78, 5) is 0. The van der Waals surface area contributed by atoms with E-state index in [1.165, 1.54) is 0 Å². The summed E-state index contributed by atoms with van der Waals surface area (Å²) < 4.78 is 25.8. The van der Waals surface area contributed by atoms with Crippen LogP contribution in [0.5, 0.6) is 0 Å². The molecule has 0 spiro atoms. The van der Waals surface area contributed by atoms with E-state index in [0.717, 1.165) is 0 Å². The molecule has 0 fully saturated rings. The second kappa shape index (κ2) is 4.15. The molecule has 0 aliphatic rings. The normalized spacial score (nSPS) is 4.80. The molecule has 0 rings (SSSR count). The van der Waals surface area contributed by atoms with Gasteiger partial charge in [-0.25, -0.2) is 0 Å². The zero-order valence-electron chi connectivity index (χ0n) is 2.13. The molecule has 0 aromatic carbocycles. The van der Waals surface area contributed by atoms with Crippen LogP contribution in [-0.4, -0.2) is 25.0 Å². The van der Waals surface area contributed by atoms with Gasteiger partial charge in [0.15, 0.2) is 0 Å². The average molecular weight is 194 g/mol. The van der Waals surface area contributed by atoms with Gasteiger partial charge in [-0.1, -0.05) is 0 Å². The molecule has 0 amide bonds. The third-order valence-corrected chi connectivity index (χ3v) is 0. The van der Waals surface area contributed by atoms with Crippen LogP contribution in [-0.2, 0) is 9.31 Å². The van der Waals surface area contributed by atoms with Crippen LogP contribution in [0.4, 0.5) is 0 Å². The van der Waals surface area contributed by atoms with Gasteiger partial charge in [0.05, 0.1) is 0 Å². The Morgan fingerprint density at radius 1 is 1.00 bits per heavy atom. The molecule has 32 valence electrons. The molecule has 0 radical (unpaired) electrons. The molecule has 0 bridgehead atoms. The first-order valence-corrected chi connectivity index (χ1v) is 3.35. The van der Waals surface area contributed by atoms with Crippen LogP contribution in [0.2, 0.25) is 0 Å². The molecule has 0 aliphatic heterocycles. The Bertz CT molecular complexity index is 73.0. The van der Waals surface area contributed by atoms with E-state index >= 15 is 0 Å². The number of hydrogen-bond acceptors (Lipinski definition) is 3. The Hall–Kier alpha value is 0.150. The molecule has 5 heteroatoms. The SMILES string of the molecule is O.O=[Te](=O)=O. The third kappa shape index (κ3) is 857. The Morgan fingerprint density at radius 2 is 1.00 bits per heavy atom. The molecular formula is H2O4Te. The van der Waals surface area contributed by atoms with Gasteiger partial charge >= 0.3 is 28.8 Å². The van der Waals surface area contributed by atoms with Gasteiger partial charge in [-0.05, 0) is 0 Å². The molecular weight excluding hydrogens is 192 g/mol. The molecule has 0 saturated carbocycles. The van der Waals surface area contributed by atoms with E-state index in [2.05, 4.69) is 0 Å². The molecule has 4 nitrogen and oxygen atoms in total. The maximum atomic E-state index is 8.59. The van der Waals surface area contributed by atoms with Crippen molar-refractivity contribution in [3.8, 4) is 0 Å². The van der Waals surface area contributed by atoms with E-state index in [4.69, 9.17) is 9.31 Å². The van der Waals surface area contributed by atoms with E-state index in [9.17, 15) is 0 Å². The maximum absolute atomic E-state index is 8.59. The summed E-state index contributed by atoms with van der Waals surface area (Å²) in [6.45, 7) is 0. The van der Waals surface area contributed by atoms with Crippen LogP contribution in [0.1, 0.15) is 0 Å². The first kappa shape index (κ1) is 8.94. The molecule has 0 aliphatic carbocycles. The van der Waals surface area contributed by atoms with Crippen LogP contribution < -0.4 is 0 Å². The van der Waals surface area contributed by atoms with Crippen LogP contribution >= 0.6 is 0 Å². The molecule has 2 N–H and O–H groups in total. The van der Waals surface area contributed by atoms with E-state index in [0.29, 0.717) is 0 Å². The summed E-state index contributed by atoms with van der Waals surface area (Å²) in [5.41, 5.74) is 0. The molecule has 0 heterocycles. The zero-order chi connectivity index (χ0) is 3.58. The standard InChI is InChI=1S/O3Te.H2O/c1-4(2)3;/h;1H2. The molecule has 0 saturated heterocycles. The topological polar surface area (TPSA) is 82.7 Å². The van der Waals surface area contributed by atoms with Gasteiger partial charge < -0.3 is 5.48 Å². The third-order valence-electron chi connectivity index (χ3n) is 0. The van der Waals surface area contributed by atoms with Gasteiger partial charge in [-0.3, -0.25) is 0 Å². The fraction of sp³-hybridized carbons (Fsp3) is 0. The second-order valence-corrected chi connectivity index (χ2v) is 1.37. The minimum absolute atomic E-state index is 0. The summed E-state index contributed by atoms with van der Waals surface area (Å²) in [6.07, 6.45) is 0. The first-order chi connectivity index (χ1) is 1.73. The van der Waals surface area contributed by atoms with Crippen LogP contribution in [0.15, 0.2) is 0 Å². The zero-order valence-corrected chi connectivity index (χ0v) is 4.46. The van der Waals surface area contributed by atoms with Gasteiger partial charge in [0.2, 0.25) is 0 Å². The summed E-state index contributed by atoms with van der Waals surface area (Å²) in [6, 6.07) is 0. The molecule has 0 aromatic heterocycles. The van der Waals surface area contributed by atoms with E-state index in [1.807, 2.05) is 0 Å². The van der Waals surface area contributed by atoms with Crippen molar-refractivity contribution in [3.05, 3.63) is 0 Å². The number of rotatable bonds is 0. The quantitative estimate of drug-likeness (QED) is 0.436. The van der Waals surface area contributed by atoms with Crippen molar-refractivity contribution in [1.29, 1.82) is 0 Å². The van der Waals surface area contributed by atoms with Crippen LogP contribution in [0.25, 0.3) is 0 Å². The van der Waals surface area contributed by atoms with Gasteiger partial charge in [0, 0.05) is 0 Å². The fourth-order valence-electron chi connectivity index (χ4n) is 0. The van der Waals surface area contributed by atoms with Crippen LogP contribution in [0, 0.1) is 0 Å². The molecule has 0 unspecified atom stereocenters. The van der Waals surface area contributed by atoms with Crippen molar-refractivity contribution >= 4 is 19.5 Å². The minimum atomic E-state index is -4.11.